The Morgan fingerprint density at radius 1 is 1.39 bits per heavy atom. The number of hydrogen-bond donors (Lipinski definition) is 1. The highest BCUT2D eigenvalue weighted by molar-refractivity contribution is 6.31. The standard InChI is InChI=1S/C11H10ClN5O/c1-6-14-10(18-16-6)5-17-9-3-2-7(12)4-8(9)15-11(17)13/h2-4H,5H2,1H3,(H2,13,15). The lowest BCUT2D eigenvalue weighted by molar-refractivity contribution is 0.369. The van der Waals surface area contributed by atoms with E-state index in [4.69, 9.17) is 21.9 Å². The van der Waals surface area contributed by atoms with Gasteiger partial charge in [0.1, 0.15) is 6.54 Å². The Balaban J connectivity index is 2.08. The van der Waals surface area contributed by atoms with Crippen molar-refractivity contribution in [1.29, 1.82) is 0 Å². The number of aryl methyl sites for hydroxylation is 1. The molecule has 0 aliphatic rings. The molecular weight excluding hydrogens is 254 g/mol. The van der Waals surface area contributed by atoms with Gasteiger partial charge in [0.05, 0.1) is 11.0 Å². The van der Waals surface area contributed by atoms with Crippen molar-refractivity contribution in [2.45, 2.75) is 13.5 Å². The van der Waals surface area contributed by atoms with Gasteiger partial charge in [-0.25, -0.2) is 4.98 Å². The Labute approximate surface area is 107 Å². The van der Waals surface area contributed by atoms with Crippen LogP contribution in [0.2, 0.25) is 5.02 Å². The van der Waals surface area contributed by atoms with Crippen LogP contribution in [0.4, 0.5) is 5.95 Å². The highest BCUT2D eigenvalue weighted by Crippen LogP contribution is 2.22. The third-order valence-electron chi connectivity index (χ3n) is 2.60. The van der Waals surface area contributed by atoms with Gasteiger partial charge >= 0.3 is 0 Å². The van der Waals surface area contributed by atoms with Crippen molar-refractivity contribution in [3.63, 3.8) is 0 Å². The van der Waals surface area contributed by atoms with Crippen LogP contribution in [0.5, 0.6) is 0 Å². The first-order chi connectivity index (χ1) is 8.63. The summed E-state index contributed by atoms with van der Waals surface area (Å²) < 4.78 is 6.88. The average molecular weight is 264 g/mol. The minimum absolute atomic E-state index is 0.392. The third-order valence-corrected chi connectivity index (χ3v) is 2.84. The summed E-state index contributed by atoms with van der Waals surface area (Å²) in [6.45, 7) is 2.16. The summed E-state index contributed by atoms with van der Waals surface area (Å²) >= 11 is 5.91. The fourth-order valence-corrected chi connectivity index (χ4v) is 1.99. The lowest BCUT2D eigenvalue weighted by atomic mass is 10.3. The van der Waals surface area contributed by atoms with Gasteiger partial charge in [-0.05, 0) is 25.1 Å². The number of nitrogens with two attached hydrogens (primary N) is 1. The molecule has 0 saturated heterocycles. The number of hydrogen-bond acceptors (Lipinski definition) is 5. The van der Waals surface area contributed by atoms with Gasteiger partial charge in [-0.1, -0.05) is 16.8 Å². The summed E-state index contributed by atoms with van der Waals surface area (Å²) in [5.41, 5.74) is 7.51. The second-order valence-corrected chi connectivity index (χ2v) is 4.36. The number of rotatable bonds is 2. The van der Waals surface area contributed by atoms with Gasteiger partial charge in [-0.2, -0.15) is 4.98 Å². The molecule has 0 fully saturated rings. The van der Waals surface area contributed by atoms with E-state index in [2.05, 4.69) is 15.1 Å². The molecule has 2 N–H and O–H groups in total. The number of halogens is 1. The second-order valence-electron chi connectivity index (χ2n) is 3.92. The van der Waals surface area contributed by atoms with Crippen molar-refractivity contribution >= 4 is 28.6 Å². The minimum Gasteiger partial charge on any atom is -0.369 e. The van der Waals surface area contributed by atoms with Gasteiger partial charge in [0.2, 0.25) is 11.8 Å². The lowest BCUT2D eigenvalue weighted by Crippen LogP contribution is -2.04. The molecule has 0 bridgehead atoms. The molecule has 0 atom stereocenters. The van der Waals surface area contributed by atoms with Gasteiger partial charge in [0.25, 0.3) is 0 Å². The van der Waals surface area contributed by atoms with Crippen molar-refractivity contribution in [2.75, 3.05) is 5.73 Å². The molecule has 0 saturated carbocycles. The molecule has 3 rings (SSSR count). The molecule has 92 valence electrons. The Morgan fingerprint density at radius 2 is 2.22 bits per heavy atom. The molecule has 0 aliphatic carbocycles. The van der Waals surface area contributed by atoms with E-state index < -0.39 is 0 Å². The number of nitrogens with zero attached hydrogens (tertiary/aromatic N) is 4. The fraction of sp³-hybridized carbons (Fsp3) is 0.182. The van der Waals surface area contributed by atoms with Crippen LogP contribution in [0.1, 0.15) is 11.7 Å². The van der Waals surface area contributed by atoms with E-state index >= 15 is 0 Å². The summed E-state index contributed by atoms with van der Waals surface area (Å²) in [5.74, 6) is 1.48. The first-order valence-corrected chi connectivity index (χ1v) is 5.72. The number of aromatic nitrogens is 4. The summed E-state index contributed by atoms with van der Waals surface area (Å²) in [6, 6.07) is 5.42. The van der Waals surface area contributed by atoms with Gasteiger partial charge in [0.15, 0.2) is 5.82 Å². The van der Waals surface area contributed by atoms with E-state index in [0.29, 0.717) is 29.2 Å². The molecular formula is C11H10ClN5O. The maximum atomic E-state index is 5.91. The van der Waals surface area contributed by atoms with Crippen LogP contribution in [-0.2, 0) is 6.54 Å². The first kappa shape index (κ1) is 11.0. The SMILES string of the molecule is Cc1noc(Cn2c(N)nc3cc(Cl)ccc32)n1. The molecule has 0 unspecified atom stereocenters. The number of anilines is 1. The van der Waals surface area contributed by atoms with E-state index in [1.807, 2.05) is 6.07 Å². The van der Waals surface area contributed by atoms with Crippen molar-refractivity contribution in [3.8, 4) is 0 Å². The predicted octanol–water partition coefficient (Wildman–Crippen LogP) is 2.01. The Hall–Kier alpha value is -2.08. The summed E-state index contributed by atoms with van der Waals surface area (Å²) in [5, 5.41) is 4.36. The monoisotopic (exact) mass is 263 g/mol. The number of imidazole rings is 1. The minimum atomic E-state index is 0.392. The highest BCUT2D eigenvalue weighted by Gasteiger charge is 2.12. The molecule has 2 heterocycles. The van der Waals surface area contributed by atoms with Crippen molar-refractivity contribution in [1.82, 2.24) is 19.7 Å². The van der Waals surface area contributed by atoms with Crippen molar-refractivity contribution < 1.29 is 4.52 Å². The summed E-state index contributed by atoms with van der Waals surface area (Å²) in [7, 11) is 0. The zero-order chi connectivity index (χ0) is 12.7. The largest absolute Gasteiger partial charge is 0.369 e. The van der Waals surface area contributed by atoms with Crippen LogP contribution in [0.15, 0.2) is 22.7 Å². The van der Waals surface area contributed by atoms with Crippen LogP contribution >= 0.6 is 11.6 Å². The molecule has 7 heteroatoms. The number of fused-ring (bicyclic) bond motifs is 1. The van der Waals surface area contributed by atoms with Gasteiger partial charge in [0, 0.05) is 5.02 Å². The molecule has 18 heavy (non-hydrogen) atoms. The van der Waals surface area contributed by atoms with Crippen LogP contribution in [0, 0.1) is 6.92 Å². The Bertz CT molecular complexity index is 717. The predicted molar refractivity (Wildman–Crippen MR) is 67.3 cm³/mol. The van der Waals surface area contributed by atoms with E-state index in [-0.39, 0.29) is 0 Å². The van der Waals surface area contributed by atoms with Crippen LogP contribution < -0.4 is 5.73 Å². The zero-order valence-electron chi connectivity index (χ0n) is 9.59. The maximum Gasteiger partial charge on any atom is 0.246 e. The molecule has 0 radical (unpaired) electrons. The number of benzene rings is 1. The second kappa shape index (κ2) is 3.99. The highest BCUT2D eigenvalue weighted by atomic mass is 35.5. The molecule has 6 nitrogen and oxygen atoms in total. The van der Waals surface area contributed by atoms with E-state index in [1.54, 1.807) is 23.6 Å². The third kappa shape index (κ3) is 1.80. The summed E-state index contributed by atoms with van der Waals surface area (Å²) in [4.78, 5) is 8.39. The molecule has 3 aromatic rings. The van der Waals surface area contributed by atoms with E-state index in [9.17, 15) is 0 Å². The normalized spacial score (nSPS) is 11.2. The smallest absolute Gasteiger partial charge is 0.246 e. The van der Waals surface area contributed by atoms with Crippen molar-refractivity contribution in [2.24, 2.45) is 0 Å². The molecule has 2 aromatic heterocycles. The fourth-order valence-electron chi connectivity index (χ4n) is 1.83. The molecule has 0 spiro atoms. The summed E-state index contributed by atoms with van der Waals surface area (Å²) in [6.07, 6.45) is 0. The molecule has 1 aromatic carbocycles. The Morgan fingerprint density at radius 3 is 2.94 bits per heavy atom. The van der Waals surface area contributed by atoms with Gasteiger partial charge in [-0.3, -0.25) is 0 Å². The van der Waals surface area contributed by atoms with Crippen LogP contribution in [0.3, 0.4) is 0 Å². The van der Waals surface area contributed by atoms with Crippen LogP contribution in [0.25, 0.3) is 11.0 Å². The first-order valence-electron chi connectivity index (χ1n) is 5.34. The lowest BCUT2D eigenvalue weighted by Gasteiger charge is -2.02. The average Bonchev–Trinajstić information content (AvgIpc) is 2.84. The Kier molecular flexibility index (Phi) is 2.45. The van der Waals surface area contributed by atoms with Gasteiger partial charge < -0.3 is 14.8 Å². The van der Waals surface area contributed by atoms with Crippen LogP contribution in [-0.4, -0.2) is 19.7 Å². The van der Waals surface area contributed by atoms with Crippen molar-refractivity contribution in [3.05, 3.63) is 34.9 Å². The van der Waals surface area contributed by atoms with E-state index in [0.717, 1.165) is 11.0 Å². The zero-order valence-corrected chi connectivity index (χ0v) is 10.3. The maximum absolute atomic E-state index is 5.91. The van der Waals surface area contributed by atoms with Gasteiger partial charge in [-0.15, -0.1) is 0 Å². The quantitative estimate of drug-likeness (QED) is 0.765. The van der Waals surface area contributed by atoms with E-state index in [1.165, 1.54) is 0 Å². The topological polar surface area (TPSA) is 82.8 Å². The molecule has 0 aliphatic heterocycles. The molecule has 0 amide bonds. The number of nitrogen functional groups attached to an aromatic ring is 1.